The molecule has 0 N–H and O–H groups in total. The normalized spacial score (nSPS) is 22.6. The van der Waals surface area contributed by atoms with Crippen molar-refractivity contribution >= 4 is 17.3 Å². The fourth-order valence-electron chi connectivity index (χ4n) is 2.63. The summed E-state index contributed by atoms with van der Waals surface area (Å²) >= 11 is 1.64. The van der Waals surface area contributed by atoms with Gasteiger partial charge in [0.05, 0.1) is 12.8 Å². The summed E-state index contributed by atoms with van der Waals surface area (Å²) in [7, 11) is 1.48. The first-order chi connectivity index (χ1) is 8.26. The number of methoxy groups -OCH3 is 1. The van der Waals surface area contributed by atoms with Crippen molar-refractivity contribution < 1.29 is 9.53 Å². The Hall–Kier alpha value is -0.900. The topological polar surface area (TPSA) is 39.2 Å². The number of rotatable bonds is 3. The van der Waals surface area contributed by atoms with Gasteiger partial charge in [-0.25, -0.2) is 4.98 Å². The first-order valence-corrected chi connectivity index (χ1v) is 7.18. The predicted molar refractivity (Wildman–Crippen MR) is 66.3 cm³/mol. The monoisotopic (exact) mass is 251 g/mol. The van der Waals surface area contributed by atoms with Crippen LogP contribution in [0.4, 0.5) is 0 Å². The van der Waals surface area contributed by atoms with E-state index >= 15 is 0 Å². The minimum Gasteiger partial charge on any atom is -0.468 e. The van der Waals surface area contributed by atoms with E-state index in [1.165, 1.54) is 32.1 Å². The number of carbonyl (C=O) groups is 1. The van der Waals surface area contributed by atoms with Crippen LogP contribution >= 0.6 is 11.3 Å². The van der Waals surface area contributed by atoms with Crippen LogP contribution in [-0.4, -0.2) is 18.1 Å². The first-order valence-electron chi connectivity index (χ1n) is 6.30. The molecule has 2 aliphatic carbocycles. The zero-order valence-electron chi connectivity index (χ0n) is 10.1. The molecule has 1 aromatic rings. The van der Waals surface area contributed by atoms with Gasteiger partial charge in [0.15, 0.2) is 0 Å². The minimum atomic E-state index is -0.401. The maximum Gasteiger partial charge on any atom is 0.318 e. The number of carbonyl (C=O) groups excluding carboxylic acids is 1. The van der Waals surface area contributed by atoms with Gasteiger partial charge in [-0.3, -0.25) is 4.79 Å². The van der Waals surface area contributed by atoms with E-state index in [0.29, 0.717) is 5.92 Å². The Bertz CT molecular complexity index is 432. The predicted octanol–water partition coefficient (Wildman–Crippen LogP) is 3.01. The van der Waals surface area contributed by atoms with Gasteiger partial charge in [0.1, 0.15) is 10.4 Å². The quantitative estimate of drug-likeness (QED) is 0.775. The summed E-state index contributed by atoms with van der Waals surface area (Å²) in [4.78, 5) is 16.6. The van der Waals surface area contributed by atoms with Crippen molar-refractivity contribution in [2.75, 3.05) is 7.11 Å². The van der Waals surface area contributed by atoms with Gasteiger partial charge < -0.3 is 4.74 Å². The van der Waals surface area contributed by atoms with Gasteiger partial charge in [0.2, 0.25) is 0 Å². The fourth-order valence-corrected chi connectivity index (χ4v) is 3.78. The molecule has 3 rings (SSSR count). The molecule has 0 atom stereocenters. The van der Waals surface area contributed by atoms with E-state index < -0.39 is 5.41 Å². The molecule has 0 aromatic carbocycles. The van der Waals surface area contributed by atoms with Gasteiger partial charge in [0, 0.05) is 11.3 Å². The van der Waals surface area contributed by atoms with Gasteiger partial charge >= 0.3 is 5.97 Å². The number of hydrogen-bond acceptors (Lipinski definition) is 4. The molecule has 0 aliphatic heterocycles. The lowest BCUT2D eigenvalue weighted by atomic mass is 9.69. The van der Waals surface area contributed by atoms with Crippen molar-refractivity contribution in [3.63, 3.8) is 0 Å². The number of thiazole rings is 1. The summed E-state index contributed by atoms with van der Waals surface area (Å²) in [6, 6.07) is 0. The molecule has 2 fully saturated rings. The third-order valence-electron chi connectivity index (χ3n) is 4.24. The summed E-state index contributed by atoms with van der Waals surface area (Å²) < 4.78 is 4.95. The van der Waals surface area contributed by atoms with Gasteiger partial charge in [0.25, 0.3) is 0 Å². The molecule has 92 valence electrons. The van der Waals surface area contributed by atoms with Crippen molar-refractivity contribution in [1.82, 2.24) is 4.98 Å². The van der Waals surface area contributed by atoms with Crippen LogP contribution in [0.25, 0.3) is 0 Å². The van der Waals surface area contributed by atoms with Gasteiger partial charge in [-0.05, 0) is 25.7 Å². The molecule has 0 amide bonds. The summed E-state index contributed by atoms with van der Waals surface area (Å²) in [6.07, 6.45) is 6.74. The van der Waals surface area contributed by atoms with Crippen LogP contribution in [-0.2, 0) is 14.9 Å². The molecule has 2 saturated carbocycles. The molecule has 1 heterocycles. The Morgan fingerprint density at radius 1 is 1.47 bits per heavy atom. The highest BCUT2D eigenvalue weighted by molar-refractivity contribution is 7.10. The lowest BCUT2D eigenvalue weighted by Gasteiger charge is -2.36. The van der Waals surface area contributed by atoms with E-state index in [2.05, 4.69) is 5.38 Å². The zero-order valence-corrected chi connectivity index (χ0v) is 10.9. The van der Waals surface area contributed by atoms with Crippen LogP contribution < -0.4 is 0 Å². The third kappa shape index (κ3) is 1.61. The van der Waals surface area contributed by atoms with Gasteiger partial charge in [-0.2, -0.15) is 0 Å². The average molecular weight is 251 g/mol. The Morgan fingerprint density at radius 2 is 2.24 bits per heavy atom. The van der Waals surface area contributed by atoms with Crippen molar-refractivity contribution in [2.45, 2.75) is 49.9 Å². The molecular weight excluding hydrogens is 234 g/mol. The number of nitrogens with zero attached hydrogens (tertiary/aromatic N) is 1. The third-order valence-corrected chi connectivity index (χ3v) is 5.30. The molecule has 0 radical (unpaired) electrons. The Kier molecular flexibility index (Phi) is 2.69. The van der Waals surface area contributed by atoms with Gasteiger partial charge in [-0.1, -0.05) is 12.8 Å². The summed E-state index contributed by atoms with van der Waals surface area (Å²) in [6.45, 7) is 0. The van der Waals surface area contributed by atoms with E-state index in [1.54, 1.807) is 11.3 Å². The molecule has 0 saturated heterocycles. The summed E-state index contributed by atoms with van der Waals surface area (Å²) in [5, 5.41) is 3.12. The van der Waals surface area contributed by atoms with Crippen molar-refractivity contribution in [1.29, 1.82) is 0 Å². The fraction of sp³-hybridized carbons (Fsp3) is 0.692. The largest absolute Gasteiger partial charge is 0.468 e. The minimum absolute atomic E-state index is 0.0988. The SMILES string of the molecule is COC(=O)C1(c2nc(C3CCC3)cs2)CCC1. The Morgan fingerprint density at radius 3 is 2.71 bits per heavy atom. The smallest absolute Gasteiger partial charge is 0.318 e. The number of aromatic nitrogens is 1. The lowest BCUT2D eigenvalue weighted by Crippen LogP contribution is -2.43. The molecule has 4 heteroatoms. The zero-order chi connectivity index (χ0) is 11.9. The molecule has 3 nitrogen and oxygen atoms in total. The van der Waals surface area contributed by atoms with Crippen LogP contribution in [0.15, 0.2) is 5.38 Å². The van der Waals surface area contributed by atoms with E-state index in [0.717, 1.165) is 24.3 Å². The summed E-state index contributed by atoms with van der Waals surface area (Å²) in [5.41, 5.74) is 0.799. The van der Waals surface area contributed by atoms with E-state index in [9.17, 15) is 4.79 Å². The first kappa shape index (κ1) is 11.2. The van der Waals surface area contributed by atoms with Crippen LogP contribution in [0, 0.1) is 0 Å². The maximum absolute atomic E-state index is 11.9. The van der Waals surface area contributed by atoms with E-state index in [4.69, 9.17) is 9.72 Å². The second kappa shape index (κ2) is 4.09. The Balaban J connectivity index is 1.86. The van der Waals surface area contributed by atoms with Crippen molar-refractivity contribution in [2.24, 2.45) is 0 Å². The Labute approximate surface area is 105 Å². The second-order valence-corrected chi connectivity index (χ2v) is 5.99. The van der Waals surface area contributed by atoms with Crippen molar-refractivity contribution in [3.8, 4) is 0 Å². The average Bonchev–Trinajstić information content (AvgIpc) is 2.62. The highest BCUT2D eigenvalue weighted by Gasteiger charge is 2.49. The molecule has 1 aromatic heterocycles. The molecule has 0 spiro atoms. The highest BCUT2D eigenvalue weighted by atomic mass is 32.1. The number of ether oxygens (including phenoxy) is 1. The molecule has 0 bridgehead atoms. The van der Waals surface area contributed by atoms with Crippen LogP contribution in [0.1, 0.15) is 55.1 Å². The molecule has 17 heavy (non-hydrogen) atoms. The van der Waals surface area contributed by atoms with Crippen LogP contribution in [0.5, 0.6) is 0 Å². The van der Waals surface area contributed by atoms with E-state index in [1.807, 2.05) is 0 Å². The van der Waals surface area contributed by atoms with Crippen LogP contribution in [0.3, 0.4) is 0 Å². The maximum atomic E-state index is 11.9. The van der Waals surface area contributed by atoms with Gasteiger partial charge in [-0.15, -0.1) is 11.3 Å². The number of hydrogen-bond donors (Lipinski definition) is 0. The second-order valence-electron chi connectivity index (χ2n) is 5.13. The molecular formula is C13H17NO2S. The van der Waals surface area contributed by atoms with E-state index in [-0.39, 0.29) is 5.97 Å². The summed E-state index contributed by atoms with van der Waals surface area (Å²) in [5.74, 6) is 0.549. The molecule has 2 aliphatic rings. The van der Waals surface area contributed by atoms with Crippen LogP contribution in [0.2, 0.25) is 0 Å². The van der Waals surface area contributed by atoms with Crippen molar-refractivity contribution in [3.05, 3.63) is 16.1 Å². The highest BCUT2D eigenvalue weighted by Crippen LogP contribution is 2.47. The number of esters is 1. The lowest BCUT2D eigenvalue weighted by molar-refractivity contribution is -0.151. The molecule has 0 unspecified atom stereocenters. The standard InChI is InChI=1S/C13H17NO2S/c1-16-12(15)13(6-3-7-13)11-14-10(8-17-11)9-4-2-5-9/h8-9H,2-7H2,1H3.